The summed E-state index contributed by atoms with van der Waals surface area (Å²) in [5, 5.41) is 0. The predicted molar refractivity (Wildman–Crippen MR) is 94.2 cm³/mol. The van der Waals surface area contributed by atoms with Gasteiger partial charge in [-0.2, -0.15) is 4.98 Å². The van der Waals surface area contributed by atoms with Gasteiger partial charge in [0.1, 0.15) is 16.9 Å². The second kappa shape index (κ2) is 5.34. The van der Waals surface area contributed by atoms with E-state index in [0.717, 1.165) is 37.0 Å². The van der Waals surface area contributed by atoms with Crippen LogP contribution in [0.4, 0.5) is 6.01 Å². The number of Topliss-reactive ketones (excluding diaryl/α,β-unsaturated/α-hetero) is 1. The predicted octanol–water partition coefficient (Wildman–Crippen LogP) is 3.83. The number of benzene rings is 2. The number of fused-ring (bicyclic) bond motifs is 2. The van der Waals surface area contributed by atoms with Crippen LogP contribution in [0.2, 0.25) is 0 Å². The van der Waals surface area contributed by atoms with Gasteiger partial charge in [-0.25, -0.2) is 0 Å². The molecule has 1 aromatic heterocycles. The number of ether oxygens (including phenoxy) is 1. The molecule has 1 saturated heterocycles. The number of anilines is 1. The lowest BCUT2D eigenvalue weighted by atomic mass is 9.82. The Kier molecular flexibility index (Phi) is 3.10. The number of carbonyl (C=O) groups excluding carboxylic acids is 1. The van der Waals surface area contributed by atoms with Gasteiger partial charge in [0.2, 0.25) is 0 Å². The van der Waals surface area contributed by atoms with Gasteiger partial charge in [-0.1, -0.05) is 24.3 Å². The van der Waals surface area contributed by atoms with Gasteiger partial charge in [0.25, 0.3) is 6.01 Å². The first kappa shape index (κ1) is 14.5. The van der Waals surface area contributed by atoms with E-state index in [1.807, 2.05) is 48.5 Å². The second-order valence-electron chi connectivity index (χ2n) is 6.83. The van der Waals surface area contributed by atoms with E-state index in [4.69, 9.17) is 9.15 Å². The van der Waals surface area contributed by atoms with Crippen LogP contribution in [0.25, 0.3) is 11.1 Å². The second-order valence-corrected chi connectivity index (χ2v) is 6.83. The van der Waals surface area contributed by atoms with E-state index in [-0.39, 0.29) is 5.78 Å². The summed E-state index contributed by atoms with van der Waals surface area (Å²) in [4.78, 5) is 19.2. The Balaban J connectivity index is 1.37. The lowest BCUT2D eigenvalue weighted by molar-refractivity contribution is 0.0227. The third-order valence-corrected chi connectivity index (χ3v) is 5.22. The summed E-state index contributed by atoms with van der Waals surface area (Å²) in [5.41, 5.74) is 1.98. The van der Waals surface area contributed by atoms with E-state index in [0.29, 0.717) is 23.7 Å². The number of aromatic nitrogens is 1. The summed E-state index contributed by atoms with van der Waals surface area (Å²) >= 11 is 0. The molecule has 0 saturated carbocycles. The molecule has 0 amide bonds. The van der Waals surface area contributed by atoms with Crippen LogP contribution in [0.3, 0.4) is 0 Å². The molecule has 2 aromatic carbocycles. The standard InChI is InChI=1S/C20H18N2O3/c23-16-13-20(25-17-7-3-1-5-14(16)17)9-11-22(12-10-20)19-21-15-6-2-4-8-18(15)24-19/h1-8H,9-13H2. The monoisotopic (exact) mass is 334 g/mol. The molecule has 0 aliphatic carbocycles. The van der Waals surface area contributed by atoms with E-state index in [2.05, 4.69) is 9.88 Å². The number of carbonyl (C=O) groups is 1. The van der Waals surface area contributed by atoms with Crippen LogP contribution in [0.15, 0.2) is 52.9 Å². The average molecular weight is 334 g/mol. The zero-order valence-electron chi connectivity index (χ0n) is 13.8. The molecule has 1 fully saturated rings. The zero-order chi connectivity index (χ0) is 16.9. The van der Waals surface area contributed by atoms with Crippen molar-refractivity contribution in [1.29, 1.82) is 0 Å². The van der Waals surface area contributed by atoms with Gasteiger partial charge in [0.15, 0.2) is 11.4 Å². The lowest BCUT2D eigenvalue weighted by Gasteiger charge is -2.43. The van der Waals surface area contributed by atoms with Crippen molar-refractivity contribution in [2.45, 2.75) is 24.9 Å². The SMILES string of the molecule is O=C1CC2(CCN(c3nc4ccccc4o3)CC2)Oc2ccccc21. The third kappa shape index (κ3) is 2.38. The first-order valence-corrected chi connectivity index (χ1v) is 8.64. The fourth-order valence-electron chi connectivity index (χ4n) is 3.82. The van der Waals surface area contributed by atoms with Crippen LogP contribution in [-0.2, 0) is 0 Å². The molecule has 3 aromatic rings. The molecule has 25 heavy (non-hydrogen) atoms. The van der Waals surface area contributed by atoms with Crippen molar-refractivity contribution in [3.8, 4) is 5.75 Å². The van der Waals surface area contributed by atoms with Crippen molar-refractivity contribution >= 4 is 22.9 Å². The molecule has 3 heterocycles. The Morgan fingerprint density at radius 2 is 1.76 bits per heavy atom. The molecule has 0 radical (unpaired) electrons. The Bertz CT molecular complexity index is 921. The van der Waals surface area contributed by atoms with Crippen molar-refractivity contribution in [1.82, 2.24) is 4.98 Å². The molecule has 0 N–H and O–H groups in total. The summed E-state index contributed by atoms with van der Waals surface area (Å²) in [7, 11) is 0. The molecular weight excluding hydrogens is 316 g/mol. The largest absolute Gasteiger partial charge is 0.486 e. The average Bonchev–Trinajstić information content (AvgIpc) is 3.06. The molecule has 1 spiro atoms. The van der Waals surface area contributed by atoms with Crippen LogP contribution in [0.5, 0.6) is 5.75 Å². The Morgan fingerprint density at radius 3 is 2.60 bits per heavy atom. The summed E-state index contributed by atoms with van der Waals surface area (Å²) in [6, 6.07) is 16.0. The summed E-state index contributed by atoms with van der Waals surface area (Å²) < 4.78 is 12.1. The molecular formula is C20H18N2O3. The maximum absolute atomic E-state index is 12.5. The normalized spacial score (nSPS) is 19.0. The summed E-state index contributed by atoms with van der Waals surface area (Å²) in [5.74, 6) is 0.895. The van der Waals surface area contributed by atoms with E-state index < -0.39 is 5.60 Å². The first-order chi connectivity index (χ1) is 12.2. The summed E-state index contributed by atoms with van der Waals surface area (Å²) in [6.45, 7) is 1.53. The van der Waals surface area contributed by atoms with Crippen molar-refractivity contribution in [3.63, 3.8) is 0 Å². The molecule has 2 aliphatic rings. The number of oxazole rings is 1. The Labute approximate surface area is 145 Å². The van der Waals surface area contributed by atoms with Gasteiger partial charge < -0.3 is 14.1 Å². The lowest BCUT2D eigenvalue weighted by Crippen LogP contribution is -2.51. The van der Waals surface area contributed by atoms with Crippen molar-refractivity contribution in [2.75, 3.05) is 18.0 Å². The Hall–Kier alpha value is -2.82. The van der Waals surface area contributed by atoms with Crippen LogP contribution in [-0.4, -0.2) is 29.5 Å². The highest BCUT2D eigenvalue weighted by atomic mass is 16.5. The van der Waals surface area contributed by atoms with Crippen molar-refractivity contribution in [3.05, 3.63) is 54.1 Å². The number of hydrogen-bond acceptors (Lipinski definition) is 5. The van der Waals surface area contributed by atoms with Gasteiger partial charge in [-0.05, 0) is 24.3 Å². The van der Waals surface area contributed by atoms with Gasteiger partial charge in [0, 0.05) is 25.9 Å². The fourth-order valence-corrected chi connectivity index (χ4v) is 3.82. The highest BCUT2D eigenvalue weighted by Crippen LogP contribution is 2.40. The van der Waals surface area contributed by atoms with Gasteiger partial charge in [-0.3, -0.25) is 4.79 Å². The number of nitrogens with zero attached hydrogens (tertiary/aromatic N) is 2. The maximum Gasteiger partial charge on any atom is 0.298 e. The molecule has 5 heteroatoms. The molecule has 5 nitrogen and oxygen atoms in total. The number of para-hydroxylation sites is 3. The minimum Gasteiger partial charge on any atom is -0.486 e. The topological polar surface area (TPSA) is 55.6 Å². The molecule has 126 valence electrons. The maximum atomic E-state index is 12.5. The molecule has 0 unspecified atom stereocenters. The number of ketones is 1. The van der Waals surface area contributed by atoms with E-state index in [9.17, 15) is 4.79 Å². The van der Waals surface area contributed by atoms with Crippen molar-refractivity contribution in [2.24, 2.45) is 0 Å². The number of hydrogen-bond donors (Lipinski definition) is 0. The minimum absolute atomic E-state index is 0.178. The highest BCUT2D eigenvalue weighted by Gasteiger charge is 2.43. The fraction of sp³-hybridized carbons (Fsp3) is 0.300. The molecule has 5 rings (SSSR count). The Morgan fingerprint density at radius 1 is 1.00 bits per heavy atom. The van der Waals surface area contributed by atoms with Crippen molar-refractivity contribution < 1.29 is 13.9 Å². The highest BCUT2D eigenvalue weighted by molar-refractivity contribution is 6.00. The van der Waals surface area contributed by atoms with Crippen LogP contribution >= 0.6 is 0 Å². The van der Waals surface area contributed by atoms with Crippen LogP contribution < -0.4 is 9.64 Å². The van der Waals surface area contributed by atoms with Crippen LogP contribution in [0.1, 0.15) is 29.6 Å². The molecule has 2 aliphatic heterocycles. The molecule has 0 atom stereocenters. The molecule has 0 bridgehead atoms. The minimum atomic E-state index is -0.395. The zero-order valence-corrected chi connectivity index (χ0v) is 13.8. The third-order valence-electron chi connectivity index (χ3n) is 5.22. The summed E-state index contributed by atoms with van der Waals surface area (Å²) in [6.07, 6.45) is 2.02. The smallest absolute Gasteiger partial charge is 0.298 e. The first-order valence-electron chi connectivity index (χ1n) is 8.64. The van der Waals surface area contributed by atoms with E-state index >= 15 is 0 Å². The number of rotatable bonds is 1. The van der Waals surface area contributed by atoms with E-state index in [1.165, 1.54) is 0 Å². The van der Waals surface area contributed by atoms with Gasteiger partial charge in [-0.15, -0.1) is 0 Å². The quantitative estimate of drug-likeness (QED) is 0.677. The number of piperidine rings is 1. The van der Waals surface area contributed by atoms with E-state index in [1.54, 1.807) is 0 Å². The van der Waals surface area contributed by atoms with Gasteiger partial charge in [0.05, 0.1) is 12.0 Å². The van der Waals surface area contributed by atoms with Crippen LogP contribution in [0, 0.1) is 0 Å². The van der Waals surface area contributed by atoms with Gasteiger partial charge >= 0.3 is 0 Å².